The van der Waals surface area contributed by atoms with Crippen molar-refractivity contribution in [2.75, 3.05) is 24.8 Å². The van der Waals surface area contributed by atoms with Crippen LogP contribution in [-0.2, 0) is 19.1 Å². The van der Waals surface area contributed by atoms with Crippen LogP contribution in [0.2, 0.25) is 0 Å². The zero-order chi connectivity index (χ0) is 20.0. The van der Waals surface area contributed by atoms with Gasteiger partial charge in [0.1, 0.15) is 5.00 Å². The van der Waals surface area contributed by atoms with Crippen LogP contribution in [0.5, 0.6) is 0 Å². The van der Waals surface area contributed by atoms with Gasteiger partial charge in [-0.2, -0.15) is 0 Å². The van der Waals surface area contributed by atoms with Crippen molar-refractivity contribution in [3.05, 3.63) is 45.8 Å². The molecular formula is C19H21NO5S2. The van der Waals surface area contributed by atoms with Gasteiger partial charge in [-0.25, -0.2) is 4.79 Å². The summed E-state index contributed by atoms with van der Waals surface area (Å²) in [4.78, 5) is 37.8. The average molecular weight is 408 g/mol. The number of aryl methyl sites for hydroxylation is 2. The molecule has 1 N–H and O–H groups in total. The third kappa shape index (κ3) is 5.58. The highest BCUT2D eigenvalue weighted by Crippen LogP contribution is 2.32. The van der Waals surface area contributed by atoms with Crippen molar-refractivity contribution in [1.82, 2.24) is 0 Å². The van der Waals surface area contributed by atoms with E-state index in [9.17, 15) is 14.4 Å². The van der Waals surface area contributed by atoms with Crippen LogP contribution in [0.25, 0.3) is 0 Å². The molecule has 0 fully saturated rings. The Morgan fingerprint density at radius 1 is 1.15 bits per heavy atom. The maximum Gasteiger partial charge on any atom is 0.341 e. The van der Waals surface area contributed by atoms with Crippen LogP contribution in [0.4, 0.5) is 5.00 Å². The summed E-state index contributed by atoms with van der Waals surface area (Å²) in [5.74, 6) is -1.39. The number of nitrogens with one attached hydrogen (secondary N) is 1. The molecule has 0 unspecified atom stereocenters. The molecule has 0 bridgehead atoms. The van der Waals surface area contributed by atoms with Gasteiger partial charge >= 0.3 is 11.9 Å². The molecule has 27 heavy (non-hydrogen) atoms. The minimum absolute atomic E-state index is 0.114. The first-order valence-electron chi connectivity index (χ1n) is 8.15. The fourth-order valence-corrected chi connectivity index (χ4v) is 4.16. The van der Waals surface area contributed by atoms with E-state index >= 15 is 0 Å². The van der Waals surface area contributed by atoms with Crippen molar-refractivity contribution < 1.29 is 23.9 Å². The molecule has 1 heterocycles. The van der Waals surface area contributed by atoms with Crippen molar-refractivity contribution >= 4 is 45.9 Å². The number of amides is 1. The Bertz CT molecular complexity index is 860. The quantitative estimate of drug-likeness (QED) is 0.556. The summed E-state index contributed by atoms with van der Waals surface area (Å²) in [5.41, 5.74) is 2.16. The normalized spacial score (nSPS) is 10.4. The number of carbonyl (C=O) groups excluding carboxylic acids is 3. The smallest absolute Gasteiger partial charge is 0.341 e. The minimum Gasteiger partial charge on any atom is -0.465 e. The predicted molar refractivity (Wildman–Crippen MR) is 107 cm³/mol. The Morgan fingerprint density at radius 2 is 1.85 bits per heavy atom. The highest BCUT2D eigenvalue weighted by molar-refractivity contribution is 8.00. The van der Waals surface area contributed by atoms with E-state index in [1.807, 2.05) is 38.1 Å². The molecule has 0 spiro atoms. The van der Waals surface area contributed by atoms with Crippen molar-refractivity contribution in [2.24, 2.45) is 0 Å². The summed E-state index contributed by atoms with van der Waals surface area (Å²) in [6.07, 6.45) is 0. The van der Waals surface area contributed by atoms with Crippen molar-refractivity contribution in [3.8, 4) is 0 Å². The topological polar surface area (TPSA) is 81.7 Å². The lowest BCUT2D eigenvalue weighted by Gasteiger charge is -2.08. The molecule has 1 aromatic carbocycles. The third-order valence-corrected chi connectivity index (χ3v) is 6.10. The lowest BCUT2D eigenvalue weighted by Crippen LogP contribution is -2.22. The van der Waals surface area contributed by atoms with Gasteiger partial charge in [0.05, 0.1) is 18.4 Å². The lowest BCUT2D eigenvalue weighted by molar-refractivity contribution is -0.144. The SMILES string of the molecule is COC(=O)c1c(NC(=O)COC(=O)CSc2ccccc2C)sc(C)c1C. The molecular weight excluding hydrogens is 386 g/mol. The van der Waals surface area contributed by atoms with Crippen LogP contribution in [0.3, 0.4) is 0 Å². The van der Waals surface area contributed by atoms with Crippen LogP contribution in [0.1, 0.15) is 26.4 Å². The Morgan fingerprint density at radius 3 is 2.52 bits per heavy atom. The molecule has 0 aliphatic rings. The Hall–Kier alpha value is -2.32. The summed E-state index contributed by atoms with van der Waals surface area (Å²) in [6.45, 7) is 5.19. The lowest BCUT2D eigenvalue weighted by atomic mass is 10.1. The summed E-state index contributed by atoms with van der Waals surface area (Å²) < 4.78 is 9.78. The second-order valence-electron chi connectivity index (χ2n) is 5.74. The van der Waals surface area contributed by atoms with Gasteiger partial charge < -0.3 is 14.8 Å². The second-order valence-corrected chi connectivity index (χ2v) is 7.98. The number of esters is 2. The molecule has 0 aliphatic carbocycles. The van der Waals surface area contributed by atoms with Gasteiger partial charge in [-0.15, -0.1) is 23.1 Å². The van der Waals surface area contributed by atoms with Gasteiger partial charge in [-0.1, -0.05) is 18.2 Å². The van der Waals surface area contributed by atoms with Gasteiger partial charge in [0.25, 0.3) is 5.91 Å². The molecule has 144 valence electrons. The molecule has 1 aromatic heterocycles. The highest BCUT2D eigenvalue weighted by Gasteiger charge is 2.22. The number of thioether (sulfide) groups is 1. The van der Waals surface area contributed by atoms with E-state index in [1.165, 1.54) is 30.2 Å². The van der Waals surface area contributed by atoms with E-state index in [0.29, 0.717) is 10.6 Å². The van der Waals surface area contributed by atoms with Gasteiger partial charge in [-0.3, -0.25) is 9.59 Å². The summed E-state index contributed by atoms with van der Waals surface area (Å²) in [7, 11) is 1.29. The molecule has 8 heteroatoms. The highest BCUT2D eigenvalue weighted by atomic mass is 32.2. The largest absolute Gasteiger partial charge is 0.465 e. The number of ether oxygens (including phenoxy) is 2. The van der Waals surface area contributed by atoms with Crippen LogP contribution in [-0.4, -0.2) is 37.3 Å². The fourth-order valence-electron chi connectivity index (χ4n) is 2.27. The molecule has 1 amide bonds. The van der Waals surface area contributed by atoms with Crippen LogP contribution >= 0.6 is 23.1 Å². The molecule has 0 saturated carbocycles. The number of hydrogen-bond acceptors (Lipinski definition) is 7. The number of benzene rings is 1. The van der Waals surface area contributed by atoms with E-state index < -0.39 is 24.5 Å². The number of anilines is 1. The first kappa shape index (κ1) is 21.0. The minimum atomic E-state index is -0.515. The molecule has 6 nitrogen and oxygen atoms in total. The number of methoxy groups -OCH3 is 1. The Kier molecular flexibility index (Phi) is 7.44. The maximum absolute atomic E-state index is 12.1. The Balaban J connectivity index is 1.88. The molecule has 2 aromatic rings. The van der Waals surface area contributed by atoms with E-state index in [-0.39, 0.29) is 5.75 Å². The first-order valence-corrected chi connectivity index (χ1v) is 9.96. The first-order chi connectivity index (χ1) is 12.8. The Labute approximate surface area is 166 Å². The van der Waals surface area contributed by atoms with E-state index in [4.69, 9.17) is 9.47 Å². The van der Waals surface area contributed by atoms with Gasteiger partial charge in [0.15, 0.2) is 6.61 Å². The third-order valence-electron chi connectivity index (χ3n) is 3.83. The summed E-state index contributed by atoms with van der Waals surface area (Å²) in [5, 5.41) is 3.02. The van der Waals surface area contributed by atoms with Crippen molar-refractivity contribution in [2.45, 2.75) is 25.7 Å². The number of carbonyl (C=O) groups is 3. The van der Waals surface area contributed by atoms with Crippen LogP contribution in [0.15, 0.2) is 29.2 Å². The van der Waals surface area contributed by atoms with Crippen molar-refractivity contribution in [1.29, 1.82) is 0 Å². The predicted octanol–water partition coefficient (Wildman–Crippen LogP) is 3.73. The molecule has 2 rings (SSSR count). The molecule has 0 aliphatic heterocycles. The van der Waals surface area contributed by atoms with E-state index in [0.717, 1.165) is 20.9 Å². The van der Waals surface area contributed by atoms with Gasteiger partial charge in [0, 0.05) is 9.77 Å². The summed E-state index contributed by atoms with van der Waals surface area (Å²) in [6, 6.07) is 7.72. The summed E-state index contributed by atoms with van der Waals surface area (Å²) >= 11 is 2.64. The number of thiophene rings is 1. The maximum atomic E-state index is 12.1. The van der Waals surface area contributed by atoms with Crippen molar-refractivity contribution in [3.63, 3.8) is 0 Å². The monoisotopic (exact) mass is 407 g/mol. The van der Waals surface area contributed by atoms with E-state index in [2.05, 4.69) is 5.32 Å². The standard InChI is InChI=1S/C19H21NO5S2/c1-11-7-5-6-8-14(11)26-10-16(22)25-9-15(21)20-18-17(19(23)24-4)12(2)13(3)27-18/h5-8H,9-10H2,1-4H3,(H,20,21). The average Bonchev–Trinajstić information content (AvgIpc) is 2.92. The zero-order valence-corrected chi connectivity index (χ0v) is 17.2. The fraction of sp³-hybridized carbons (Fsp3) is 0.316. The molecule has 0 atom stereocenters. The second kappa shape index (κ2) is 9.57. The van der Waals surface area contributed by atoms with Gasteiger partial charge in [0.2, 0.25) is 0 Å². The molecule has 0 saturated heterocycles. The molecule has 0 radical (unpaired) electrons. The number of rotatable bonds is 7. The van der Waals surface area contributed by atoms with E-state index in [1.54, 1.807) is 6.92 Å². The van der Waals surface area contributed by atoms with Crippen LogP contribution in [0, 0.1) is 20.8 Å². The van der Waals surface area contributed by atoms with Crippen LogP contribution < -0.4 is 5.32 Å². The zero-order valence-electron chi connectivity index (χ0n) is 15.6. The van der Waals surface area contributed by atoms with Gasteiger partial charge in [-0.05, 0) is 38.0 Å². The number of hydrogen-bond donors (Lipinski definition) is 1.